The van der Waals surface area contributed by atoms with Gasteiger partial charge in [-0.2, -0.15) is 0 Å². The van der Waals surface area contributed by atoms with Crippen LogP contribution >= 0.6 is 11.6 Å². The van der Waals surface area contributed by atoms with Gasteiger partial charge in [0.15, 0.2) is 0 Å². The molecule has 1 aromatic heterocycles. The summed E-state index contributed by atoms with van der Waals surface area (Å²) in [6, 6.07) is 22.4. The van der Waals surface area contributed by atoms with Crippen LogP contribution in [0.5, 0.6) is 5.75 Å². The fraction of sp³-hybridized carbons (Fsp3) is 0.0909. The predicted octanol–water partition coefficient (Wildman–Crippen LogP) is 5.00. The van der Waals surface area contributed by atoms with E-state index in [-0.39, 0.29) is 12.5 Å². The average molecular weight is 392 g/mol. The van der Waals surface area contributed by atoms with E-state index in [0.29, 0.717) is 10.7 Å². The number of carbonyl (C=O) groups excluding carboxylic acids is 1. The van der Waals surface area contributed by atoms with Gasteiger partial charge in [-0.05, 0) is 60.7 Å². The van der Waals surface area contributed by atoms with Crippen LogP contribution in [-0.4, -0.2) is 22.6 Å². The monoisotopic (exact) mass is 391 g/mol. The highest BCUT2D eigenvalue weighted by atomic mass is 35.5. The molecule has 6 heteroatoms. The second-order valence-electron chi connectivity index (χ2n) is 6.29. The molecule has 0 fully saturated rings. The molecule has 0 saturated carbocycles. The molecule has 0 spiro atoms. The normalized spacial score (nSPS) is 10.8. The van der Waals surface area contributed by atoms with Crippen molar-refractivity contribution in [3.8, 4) is 17.1 Å². The van der Waals surface area contributed by atoms with Crippen molar-refractivity contribution in [3.05, 3.63) is 77.8 Å². The Morgan fingerprint density at radius 1 is 1.04 bits per heavy atom. The third-order valence-corrected chi connectivity index (χ3v) is 4.68. The smallest absolute Gasteiger partial charge is 0.244 e. The molecule has 0 atom stereocenters. The first-order chi connectivity index (χ1) is 13.6. The lowest BCUT2D eigenvalue weighted by Crippen LogP contribution is -2.19. The first kappa shape index (κ1) is 18.1. The van der Waals surface area contributed by atoms with Crippen LogP contribution in [0.3, 0.4) is 0 Å². The largest absolute Gasteiger partial charge is 0.497 e. The zero-order chi connectivity index (χ0) is 19.5. The van der Waals surface area contributed by atoms with Gasteiger partial charge in [0.1, 0.15) is 18.1 Å². The van der Waals surface area contributed by atoms with Crippen LogP contribution in [0.15, 0.2) is 72.8 Å². The lowest BCUT2D eigenvalue weighted by Gasteiger charge is -2.11. The lowest BCUT2D eigenvalue weighted by atomic mass is 10.2. The molecule has 1 N–H and O–H groups in total. The van der Waals surface area contributed by atoms with E-state index >= 15 is 0 Å². The Morgan fingerprint density at radius 3 is 2.46 bits per heavy atom. The molecule has 4 aromatic rings. The highest BCUT2D eigenvalue weighted by molar-refractivity contribution is 6.30. The van der Waals surface area contributed by atoms with Gasteiger partial charge in [-0.15, -0.1) is 0 Å². The minimum Gasteiger partial charge on any atom is -0.497 e. The Hall–Kier alpha value is -3.31. The Bertz CT molecular complexity index is 1120. The molecule has 140 valence electrons. The first-order valence-electron chi connectivity index (χ1n) is 8.79. The van der Waals surface area contributed by atoms with E-state index in [4.69, 9.17) is 21.3 Å². The van der Waals surface area contributed by atoms with Crippen LogP contribution in [0.25, 0.3) is 22.4 Å². The Kier molecular flexibility index (Phi) is 5.00. The summed E-state index contributed by atoms with van der Waals surface area (Å²) in [7, 11) is 1.61. The van der Waals surface area contributed by atoms with E-state index in [1.165, 1.54) is 0 Å². The number of imidazole rings is 1. The molecule has 1 heterocycles. The van der Waals surface area contributed by atoms with Gasteiger partial charge in [-0.1, -0.05) is 23.7 Å². The summed E-state index contributed by atoms with van der Waals surface area (Å²) in [6.07, 6.45) is 0. The quantitative estimate of drug-likeness (QED) is 0.520. The fourth-order valence-electron chi connectivity index (χ4n) is 3.07. The van der Waals surface area contributed by atoms with Gasteiger partial charge in [0.05, 0.1) is 18.1 Å². The van der Waals surface area contributed by atoms with E-state index in [1.54, 1.807) is 19.2 Å². The summed E-state index contributed by atoms with van der Waals surface area (Å²) in [6.45, 7) is 0.143. The number of carbonyl (C=O) groups is 1. The number of ether oxygens (including phenoxy) is 1. The highest BCUT2D eigenvalue weighted by Gasteiger charge is 2.15. The highest BCUT2D eigenvalue weighted by Crippen LogP contribution is 2.26. The SMILES string of the molecule is COc1ccc(NC(=O)Cn2c(-c3ccc(Cl)cc3)nc3ccccc32)cc1. The summed E-state index contributed by atoms with van der Waals surface area (Å²) in [5.41, 5.74) is 3.35. The standard InChI is InChI=1S/C22H18ClN3O2/c1-28-18-12-10-17(11-13-18)24-21(27)14-26-20-5-3-2-4-19(20)25-22(26)15-6-8-16(23)9-7-15/h2-13H,14H2,1H3,(H,24,27). The zero-order valence-corrected chi connectivity index (χ0v) is 16.0. The summed E-state index contributed by atoms with van der Waals surface area (Å²) < 4.78 is 7.06. The second-order valence-corrected chi connectivity index (χ2v) is 6.73. The van der Waals surface area contributed by atoms with Crippen molar-refractivity contribution in [1.82, 2.24) is 9.55 Å². The molecular formula is C22H18ClN3O2. The number of anilines is 1. The number of hydrogen-bond acceptors (Lipinski definition) is 3. The van der Waals surface area contributed by atoms with E-state index < -0.39 is 0 Å². The maximum absolute atomic E-state index is 12.7. The Balaban J connectivity index is 1.65. The summed E-state index contributed by atoms with van der Waals surface area (Å²) in [4.78, 5) is 17.4. The Labute approximate surface area is 167 Å². The number of hydrogen-bond donors (Lipinski definition) is 1. The Morgan fingerprint density at radius 2 is 1.75 bits per heavy atom. The molecule has 0 bridgehead atoms. The van der Waals surface area contributed by atoms with Gasteiger partial charge in [-0.3, -0.25) is 4.79 Å². The number of halogens is 1. The molecule has 0 aliphatic rings. The lowest BCUT2D eigenvalue weighted by molar-refractivity contribution is -0.116. The van der Waals surface area contributed by atoms with E-state index in [2.05, 4.69) is 5.32 Å². The molecular weight excluding hydrogens is 374 g/mol. The van der Waals surface area contributed by atoms with Crippen molar-refractivity contribution in [2.75, 3.05) is 12.4 Å². The molecule has 3 aromatic carbocycles. The molecule has 0 unspecified atom stereocenters. The van der Waals surface area contributed by atoms with E-state index in [9.17, 15) is 4.79 Å². The third-order valence-electron chi connectivity index (χ3n) is 4.43. The zero-order valence-electron chi connectivity index (χ0n) is 15.2. The predicted molar refractivity (Wildman–Crippen MR) is 112 cm³/mol. The van der Waals surface area contributed by atoms with Gasteiger partial charge in [0.25, 0.3) is 0 Å². The minimum absolute atomic E-state index is 0.136. The number of para-hydroxylation sites is 2. The maximum Gasteiger partial charge on any atom is 0.244 e. The minimum atomic E-state index is -0.136. The summed E-state index contributed by atoms with van der Waals surface area (Å²) in [5, 5.41) is 3.58. The van der Waals surface area contributed by atoms with Gasteiger partial charge in [-0.25, -0.2) is 4.98 Å². The van der Waals surface area contributed by atoms with Crippen LogP contribution in [0.4, 0.5) is 5.69 Å². The number of benzene rings is 3. The van der Waals surface area contributed by atoms with Crippen molar-refractivity contribution >= 4 is 34.2 Å². The van der Waals surface area contributed by atoms with Crippen LogP contribution in [-0.2, 0) is 11.3 Å². The van der Waals surface area contributed by atoms with Crippen molar-refractivity contribution in [2.45, 2.75) is 6.54 Å². The molecule has 1 amide bonds. The number of aromatic nitrogens is 2. The first-order valence-corrected chi connectivity index (χ1v) is 9.17. The molecule has 0 saturated heterocycles. The van der Waals surface area contributed by atoms with Gasteiger partial charge >= 0.3 is 0 Å². The number of amides is 1. The summed E-state index contributed by atoms with van der Waals surface area (Å²) >= 11 is 6.01. The number of nitrogens with zero attached hydrogens (tertiary/aromatic N) is 2. The number of rotatable bonds is 5. The third kappa shape index (κ3) is 3.70. The number of fused-ring (bicyclic) bond motifs is 1. The van der Waals surface area contributed by atoms with Crippen molar-refractivity contribution in [3.63, 3.8) is 0 Å². The molecule has 28 heavy (non-hydrogen) atoms. The fourth-order valence-corrected chi connectivity index (χ4v) is 3.20. The van der Waals surface area contributed by atoms with E-state index in [0.717, 1.165) is 28.2 Å². The van der Waals surface area contributed by atoms with Gasteiger partial charge in [0.2, 0.25) is 5.91 Å². The molecule has 5 nitrogen and oxygen atoms in total. The van der Waals surface area contributed by atoms with Crippen molar-refractivity contribution in [2.24, 2.45) is 0 Å². The average Bonchev–Trinajstić information content (AvgIpc) is 3.07. The molecule has 0 radical (unpaired) electrons. The van der Waals surface area contributed by atoms with Crippen LogP contribution in [0, 0.1) is 0 Å². The van der Waals surface area contributed by atoms with Crippen molar-refractivity contribution in [1.29, 1.82) is 0 Å². The number of nitrogens with one attached hydrogen (secondary N) is 1. The summed E-state index contributed by atoms with van der Waals surface area (Å²) in [5.74, 6) is 1.33. The topological polar surface area (TPSA) is 56.1 Å². The second kappa shape index (κ2) is 7.74. The maximum atomic E-state index is 12.7. The van der Waals surface area contributed by atoms with Crippen LogP contribution < -0.4 is 10.1 Å². The van der Waals surface area contributed by atoms with Crippen molar-refractivity contribution < 1.29 is 9.53 Å². The van der Waals surface area contributed by atoms with Crippen LogP contribution in [0.1, 0.15) is 0 Å². The molecule has 0 aliphatic carbocycles. The molecule has 4 rings (SSSR count). The molecule has 0 aliphatic heterocycles. The van der Waals surface area contributed by atoms with Gasteiger partial charge < -0.3 is 14.6 Å². The van der Waals surface area contributed by atoms with Gasteiger partial charge in [0, 0.05) is 16.3 Å². The number of methoxy groups -OCH3 is 1. The van der Waals surface area contributed by atoms with Crippen LogP contribution in [0.2, 0.25) is 5.02 Å². The van der Waals surface area contributed by atoms with E-state index in [1.807, 2.05) is 65.2 Å².